The van der Waals surface area contributed by atoms with Crippen molar-refractivity contribution in [1.29, 1.82) is 0 Å². The molecule has 1 aromatic carbocycles. The standard InChI is InChI=1S/C17H14N2O2S/c20-15(13-5-4-11-2-1-3-12(11)8-13)9-19-10-18-14-6-7-22-16(14)17(19)21/h4-8,10H,1-3,9H2. The first-order valence-corrected chi connectivity index (χ1v) is 8.18. The van der Waals surface area contributed by atoms with Crippen LogP contribution in [0.3, 0.4) is 0 Å². The van der Waals surface area contributed by atoms with Gasteiger partial charge in [0, 0.05) is 5.56 Å². The number of ketones is 1. The molecular formula is C17H14N2O2S. The van der Waals surface area contributed by atoms with Crippen molar-refractivity contribution in [2.45, 2.75) is 25.8 Å². The number of carbonyl (C=O) groups excluding carboxylic acids is 1. The van der Waals surface area contributed by atoms with Crippen LogP contribution in [0.15, 0.2) is 40.8 Å². The first kappa shape index (κ1) is 13.4. The van der Waals surface area contributed by atoms with Crippen LogP contribution in [-0.2, 0) is 19.4 Å². The SMILES string of the molecule is O=C(Cn1cnc2ccsc2c1=O)c1ccc2c(c1)CCC2. The quantitative estimate of drug-likeness (QED) is 0.699. The molecule has 2 aromatic heterocycles. The number of hydrogen-bond donors (Lipinski definition) is 0. The molecule has 4 nitrogen and oxygen atoms in total. The van der Waals surface area contributed by atoms with Gasteiger partial charge in [0.2, 0.25) is 0 Å². The van der Waals surface area contributed by atoms with E-state index in [1.165, 1.54) is 33.4 Å². The van der Waals surface area contributed by atoms with Crippen molar-refractivity contribution in [2.24, 2.45) is 0 Å². The van der Waals surface area contributed by atoms with Crippen LogP contribution in [0.2, 0.25) is 0 Å². The molecule has 0 atom stereocenters. The fourth-order valence-corrected chi connectivity index (χ4v) is 3.78. The summed E-state index contributed by atoms with van der Waals surface area (Å²) in [6.45, 7) is 0.0401. The molecule has 0 bridgehead atoms. The number of thiophene rings is 1. The average molecular weight is 310 g/mol. The number of fused-ring (bicyclic) bond motifs is 2. The van der Waals surface area contributed by atoms with E-state index < -0.39 is 0 Å². The molecule has 0 saturated carbocycles. The number of carbonyl (C=O) groups is 1. The zero-order chi connectivity index (χ0) is 15.1. The highest BCUT2D eigenvalue weighted by molar-refractivity contribution is 7.17. The Morgan fingerprint density at radius 2 is 2.09 bits per heavy atom. The molecule has 0 radical (unpaired) electrons. The Morgan fingerprint density at radius 3 is 3.00 bits per heavy atom. The summed E-state index contributed by atoms with van der Waals surface area (Å²) in [4.78, 5) is 29.0. The molecular weight excluding hydrogens is 296 g/mol. The Bertz CT molecular complexity index is 939. The van der Waals surface area contributed by atoms with Gasteiger partial charge in [0.25, 0.3) is 5.56 Å². The van der Waals surface area contributed by atoms with Gasteiger partial charge < -0.3 is 0 Å². The maximum absolute atomic E-state index is 12.5. The van der Waals surface area contributed by atoms with E-state index in [0.717, 1.165) is 19.3 Å². The lowest BCUT2D eigenvalue weighted by molar-refractivity contribution is 0.0970. The number of benzene rings is 1. The Balaban J connectivity index is 1.66. The summed E-state index contributed by atoms with van der Waals surface area (Å²) in [6.07, 6.45) is 4.76. The second-order valence-corrected chi connectivity index (χ2v) is 6.49. The first-order chi connectivity index (χ1) is 10.7. The lowest BCUT2D eigenvalue weighted by atomic mass is 10.0. The summed E-state index contributed by atoms with van der Waals surface area (Å²) in [6, 6.07) is 7.70. The monoisotopic (exact) mass is 310 g/mol. The van der Waals surface area contributed by atoms with E-state index in [2.05, 4.69) is 4.98 Å². The first-order valence-electron chi connectivity index (χ1n) is 7.30. The largest absolute Gasteiger partial charge is 0.292 e. The Morgan fingerprint density at radius 1 is 1.23 bits per heavy atom. The molecule has 0 spiro atoms. The van der Waals surface area contributed by atoms with Crippen molar-refractivity contribution in [3.05, 3.63) is 63.0 Å². The van der Waals surface area contributed by atoms with Crippen molar-refractivity contribution < 1.29 is 4.79 Å². The maximum atomic E-state index is 12.5. The predicted octanol–water partition coefficient (Wildman–Crippen LogP) is 2.83. The lowest BCUT2D eigenvalue weighted by Gasteiger charge is -2.06. The number of Topliss-reactive ketones (excluding diaryl/α,β-unsaturated/α-hetero) is 1. The minimum atomic E-state index is -0.144. The zero-order valence-corrected chi connectivity index (χ0v) is 12.7. The van der Waals surface area contributed by atoms with Crippen LogP contribution in [0, 0.1) is 0 Å². The van der Waals surface area contributed by atoms with Crippen molar-refractivity contribution in [2.75, 3.05) is 0 Å². The van der Waals surface area contributed by atoms with Crippen LogP contribution in [0.25, 0.3) is 10.2 Å². The molecule has 0 aliphatic heterocycles. The van der Waals surface area contributed by atoms with E-state index in [1.54, 1.807) is 0 Å². The third-order valence-corrected chi connectivity index (χ3v) is 5.06. The summed E-state index contributed by atoms with van der Waals surface area (Å²) in [5.74, 6) is -0.0468. The van der Waals surface area contributed by atoms with Gasteiger partial charge in [-0.25, -0.2) is 4.98 Å². The minimum Gasteiger partial charge on any atom is -0.292 e. The third kappa shape index (κ3) is 2.18. The normalized spacial score (nSPS) is 13.5. The van der Waals surface area contributed by atoms with E-state index in [0.29, 0.717) is 15.8 Å². The van der Waals surface area contributed by atoms with Gasteiger partial charge in [0.1, 0.15) is 4.70 Å². The van der Waals surface area contributed by atoms with Crippen LogP contribution in [-0.4, -0.2) is 15.3 Å². The van der Waals surface area contributed by atoms with Gasteiger partial charge in [0.15, 0.2) is 5.78 Å². The van der Waals surface area contributed by atoms with Gasteiger partial charge >= 0.3 is 0 Å². The highest BCUT2D eigenvalue weighted by atomic mass is 32.1. The van der Waals surface area contributed by atoms with Gasteiger partial charge in [-0.05, 0) is 47.9 Å². The summed E-state index contributed by atoms with van der Waals surface area (Å²) >= 11 is 1.36. The summed E-state index contributed by atoms with van der Waals surface area (Å²) in [5.41, 5.74) is 3.84. The smallest absolute Gasteiger partial charge is 0.271 e. The molecule has 110 valence electrons. The van der Waals surface area contributed by atoms with Gasteiger partial charge in [-0.2, -0.15) is 0 Å². The van der Waals surface area contributed by atoms with Crippen LogP contribution >= 0.6 is 11.3 Å². The Kier molecular flexibility index (Phi) is 3.15. The van der Waals surface area contributed by atoms with Crippen molar-refractivity contribution in [3.63, 3.8) is 0 Å². The second-order valence-electron chi connectivity index (χ2n) is 5.57. The molecule has 1 aliphatic rings. The highest BCUT2D eigenvalue weighted by Gasteiger charge is 2.15. The summed E-state index contributed by atoms with van der Waals surface area (Å²) in [7, 11) is 0. The number of hydrogen-bond acceptors (Lipinski definition) is 4. The van der Waals surface area contributed by atoms with Crippen LogP contribution < -0.4 is 5.56 Å². The zero-order valence-electron chi connectivity index (χ0n) is 11.9. The fraction of sp³-hybridized carbons (Fsp3) is 0.235. The maximum Gasteiger partial charge on any atom is 0.271 e. The van der Waals surface area contributed by atoms with Crippen LogP contribution in [0.4, 0.5) is 0 Å². The molecule has 4 rings (SSSR count). The Labute approximate surface area is 131 Å². The van der Waals surface area contributed by atoms with E-state index in [-0.39, 0.29) is 17.9 Å². The van der Waals surface area contributed by atoms with Crippen LogP contribution in [0.5, 0.6) is 0 Å². The number of aromatic nitrogens is 2. The molecule has 0 unspecified atom stereocenters. The molecule has 0 amide bonds. The van der Waals surface area contributed by atoms with Crippen LogP contribution in [0.1, 0.15) is 27.9 Å². The van der Waals surface area contributed by atoms with Gasteiger partial charge in [0.05, 0.1) is 18.4 Å². The third-order valence-electron chi connectivity index (χ3n) is 4.17. The minimum absolute atomic E-state index is 0.0401. The van der Waals surface area contributed by atoms with Gasteiger partial charge in [-0.15, -0.1) is 11.3 Å². The lowest BCUT2D eigenvalue weighted by Crippen LogP contribution is -2.24. The van der Waals surface area contributed by atoms with E-state index in [4.69, 9.17) is 0 Å². The van der Waals surface area contributed by atoms with Gasteiger partial charge in [-0.3, -0.25) is 14.2 Å². The molecule has 2 heterocycles. The van der Waals surface area contributed by atoms with E-state index in [9.17, 15) is 9.59 Å². The van der Waals surface area contributed by atoms with Crippen molar-refractivity contribution >= 4 is 27.3 Å². The predicted molar refractivity (Wildman–Crippen MR) is 86.7 cm³/mol. The summed E-state index contributed by atoms with van der Waals surface area (Å²) < 4.78 is 2.00. The summed E-state index contributed by atoms with van der Waals surface area (Å²) in [5, 5.41) is 1.84. The van der Waals surface area contributed by atoms with Crippen molar-refractivity contribution in [1.82, 2.24) is 9.55 Å². The topological polar surface area (TPSA) is 52.0 Å². The molecule has 0 saturated heterocycles. The average Bonchev–Trinajstić information content (AvgIpc) is 3.17. The number of rotatable bonds is 3. The molecule has 22 heavy (non-hydrogen) atoms. The van der Waals surface area contributed by atoms with E-state index >= 15 is 0 Å². The molecule has 0 N–H and O–H groups in total. The fourth-order valence-electron chi connectivity index (χ4n) is 2.98. The molecule has 5 heteroatoms. The number of aryl methyl sites for hydroxylation is 2. The van der Waals surface area contributed by atoms with E-state index in [1.807, 2.05) is 29.6 Å². The number of nitrogens with zero attached hydrogens (tertiary/aromatic N) is 2. The molecule has 3 aromatic rings. The molecule has 0 fully saturated rings. The highest BCUT2D eigenvalue weighted by Crippen LogP contribution is 2.23. The van der Waals surface area contributed by atoms with Gasteiger partial charge in [-0.1, -0.05) is 12.1 Å². The van der Waals surface area contributed by atoms with Crippen molar-refractivity contribution in [3.8, 4) is 0 Å². The second kappa shape index (κ2) is 5.18. The Hall–Kier alpha value is -2.27. The molecule has 1 aliphatic carbocycles.